The summed E-state index contributed by atoms with van der Waals surface area (Å²) < 4.78 is 6.30. The van der Waals surface area contributed by atoms with Crippen LogP contribution in [-0.4, -0.2) is 50.7 Å². The normalized spacial score (nSPS) is 19.8. The molecule has 1 atom stereocenters. The number of benzene rings is 1. The quantitative estimate of drug-likeness (QED) is 0.595. The van der Waals surface area contributed by atoms with Crippen molar-refractivity contribution in [2.24, 2.45) is 0 Å². The maximum absolute atomic E-state index is 13.4. The Balaban J connectivity index is 1.18. The van der Waals surface area contributed by atoms with Gasteiger partial charge in [0, 0.05) is 72.7 Å². The highest BCUT2D eigenvalue weighted by atomic mass is 35.5. The van der Waals surface area contributed by atoms with Gasteiger partial charge < -0.3 is 14.7 Å². The van der Waals surface area contributed by atoms with E-state index in [0.29, 0.717) is 43.8 Å². The number of carbonyl (C=O) groups is 1. The monoisotopic (exact) mass is 487 g/mol. The molecule has 7 heteroatoms. The van der Waals surface area contributed by atoms with Crippen LogP contribution in [0.2, 0.25) is 5.02 Å². The number of hydrogen-bond donors (Lipinski definition) is 1. The Morgan fingerprint density at radius 2 is 2.06 bits per heavy atom. The molecule has 2 aromatic heterocycles. The third-order valence-electron chi connectivity index (χ3n) is 7.29. The molecule has 6 nitrogen and oxygen atoms in total. The summed E-state index contributed by atoms with van der Waals surface area (Å²) in [4.78, 5) is 23.9. The van der Waals surface area contributed by atoms with Crippen molar-refractivity contribution in [3.8, 4) is 16.9 Å². The van der Waals surface area contributed by atoms with Crippen molar-refractivity contribution in [3.05, 3.63) is 82.4 Å². The van der Waals surface area contributed by atoms with Crippen LogP contribution in [0.3, 0.4) is 0 Å². The molecule has 178 valence electrons. The van der Waals surface area contributed by atoms with Gasteiger partial charge in [-0.15, -0.1) is 0 Å². The molecule has 4 heterocycles. The molecule has 0 radical (unpaired) electrons. The molecule has 0 bridgehead atoms. The Kier molecular flexibility index (Phi) is 5.58. The van der Waals surface area contributed by atoms with E-state index in [4.69, 9.17) is 16.3 Å². The molecule has 1 fully saturated rings. The van der Waals surface area contributed by atoms with E-state index < -0.39 is 11.7 Å². The standard InChI is InChI=1S/C28H26ClN3O3/c29-20-13-19-14-25(35-26(19)23(15-20)21-6-10-31-24-5-1-4-22(21)24)27(33)32-11-7-28(34,8-12-32)16-18-3-2-9-30-17-18/h1-4,6,9-10,13,15,17,25,34H,5,7-8,11-12,14,16H2. The topological polar surface area (TPSA) is 75.5 Å². The SMILES string of the molecule is O=C(C1Cc2cc(Cl)cc(-c3ccnc4c3C=CC4)c2O1)N1CCC(O)(Cc2cccnc2)CC1. The fraction of sp³-hybridized carbons (Fsp3) is 0.321. The summed E-state index contributed by atoms with van der Waals surface area (Å²) >= 11 is 6.49. The van der Waals surface area contributed by atoms with Crippen molar-refractivity contribution in [1.29, 1.82) is 0 Å². The highest BCUT2D eigenvalue weighted by molar-refractivity contribution is 6.31. The fourth-order valence-electron chi connectivity index (χ4n) is 5.46. The zero-order valence-corrected chi connectivity index (χ0v) is 20.0. The molecule has 3 aromatic rings. The predicted octanol–water partition coefficient (Wildman–Crippen LogP) is 4.27. The lowest BCUT2D eigenvalue weighted by Gasteiger charge is -2.39. The van der Waals surface area contributed by atoms with E-state index in [1.807, 2.05) is 41.4 Å². The first-order valence-corrected chi connectivity index (χ1v) is 12.4. The number of amides is 1. The van der Waals surface area contributed by atoms with E-state index in [1.54, 1.807) is 12.4 Å². The maximum Gasteiger partial charge on any atom is 0.263 e. The number of carbonyl (C=O) groups excluding carboxylic acids is 1. The molecule has 1 amide bonds. The van der Waals surface area contributed by atoms with Gasteiger partial charge in [-0.25, -0.2) is 0 Å². The zero-order valence-electron chi connectivity index (χ0n) is 19.3. The van der Waals surface area contributed by atoms with Crippen LogP contribution < -0.4 is 4.74 Å². The summed E-state index contributed by atoms with van der Waals surface area (Å²) in [5, 5.41) is 11.7. The van der Waals surface area contributed by atoms with Crippen LogP contribution in [0.15, 0.2) is 55.0 Å². The third-order valence-corrected chi connectivity index (χ3v) is 7.51. The lowest BCUT2D eigenvalue weighted by atomic mass is 9.85. The van der Waals surface area contributed by atoms with Crippen LogP contribution in [0.4, 0.5) is 0 Å². The van der Waals surface area contributed by atoms with Crippen LogP contribution >= 0.6 is 11.6 Å². The van der Waals surface area contributed by atoms with Gasteiger partial charge in [-0.3, -0.25) is 14.8 Å². The first-order valence-electron chi connectivity index (χ1n) is 12.0. The zero-order chi connectivity index (χ0) is 24.0. The maximum atomic E-state index is 13.4. The smallest absolute Gasteiger partial charge is 0.263 e. The second kappa shape index (κ2) is 8.77. The summed E-state index contributed by atoms with van der Waals surface area (Å²) in [5.41, 5.74) is 5.17. The van der Waals surface area contributed by atoms with Gasteiger partial charge in [0.25, 0.3) is 5.91 Å². The van der Waals surface area contributed by atoms with Crippen molar-refractivity contribution in [2.45, 2.75) is 43.8 Å². The van der Waals surface area contributed by atoms with Gasteiger partial charge in [-0.1, -0.05) is 29.8 Å². The largest absolute Gasteiger partial charge is 0.479 e. The van der Waals surface area contributed by atoms with Crippen LogP contribution in [0.1, 0.15) is 35.2 Å². The van der Waals surface area contributed by atoms with Gasteiger partial charge in [0.1, 0.15) is 5.75 Å². The molecule has 1 aromatic carbocycles. The van der Waals surface area contributed by atoms with Crippen molar-refractivity contribution in [3.63, 3.8) is 0 Å². The third kappa shape index (κ3) is 4.21. The number of rotatable bonds is 4. The number of likely N-dealkylation sites (tertiary alicyclic amines) is 1. The summed E-state index contributed by atoms with van der Waals surface area (Å²) in [6.07, 6.45) is 11.8. The molecular formula is C28H26ClN3O3. The van der Waals surface area contributed by atoms with Crippen molar-refractivity contribution < 1.29 is 14.6 Å². The minimum absolute atomic E-state index is 0.0356. The summed E-state index contributed by atoms with van der Waals surface area (Å²) in [5.74, 6) is 0.693. The second-order valence-electron chi connectivity index (χ2n) is 9.67. The van der Waals surface area contributed by atoms with Crippen LogP contribution in [0, 0.1) is 0 Å². The molecule has 0 saturated carbocycles. The molecular weight excluding hydrogens is 462 g/mol. The molecule has 1 saturated heterocycles. The number of nitrogens with zero attached hydrogens (tertiary/aromatic N) is 3. The minimum Gasteiger partial charge on any atom is -0.479 e. The van der Waals surface area contributed by atoms with Crippen molar-refractivity contribution >= 4 is 23.6 Å². The fourth-order valence-corrected chi connectivity index (χ4v) is 5.70. The number of ether oxygens (including phenoxy) is 1. The van der Waals surface area contributed by atoms with Gasteiger partial charge in [-0.2, -0.15) is 0 Å². The average molecular weight is 488 g/mol. The van der Waals surface area contributed by atoms with E-state index in [1.165, 1.54) is 0 Å². The minimum atomic E-state index is -0.824. The van der Waals surface area contributed by atoms with Crippen LogP contribution in [0.5, 0.6) is 5.75 Å². The molecule has 6 rings (SSSR count). The first-order chi connectivity index (χ1) is 17.0. The van der Waals surface area contributed by atoms with E-state index in [0.717, 1.165) is 45.7 Å². The number of fused-ring (bicyclic) bond motifs is 2. The molecule has 3 aliphatic rings. The van der Waals surface area contributed by atoms with Gasteiger partial charge in [0.2, 0.25) is 0 Å². The lowest BCUT2D eigenvalue weighted by molar-refractivity contribution is -0.142. The molecule has 0 spiro atoms. The number of aliphatic hydroxyl groups is 1. The molecule has 1 unspecified atom stereocenters. The van der Waals surface area contributed by atoms with Gasteiger partial charge in [-0.05, 0) is 48.2 Å². The summed E-state index contributed by atoms with van der Waals surface area (Å²) in [7, 11) is 0. The Morgan fingerprint density at radius 1 is 1.20 bits per heavy atom. The summed E-state index contributed by atoms with van der Waals surface area (Å²) in [6, 6.07) is 9.64. The number of allylic oxidation sites excluding steroid dienone is 1. The highest BCUT2D eigenvalue weighted by Gasteiger charge is 2.39. The second-order valence-corrected chi connectivity index (χ2v) is 10.1. The summed E-state index contributed by atoms with van der Waals surface area (Å²) in [6.45, 7) is 1.00. The molecule has 1 N–H and O–H groups in total. The molecule has 35 heavy (non-hydrogen) atoms. The Bertz CT molecular complexity index is 1320. The van der Waals surface area contributed by atoms with Gasteiger partial charge in [0.05, 0.1) is 11.3 Å². The Labute approximate surface area is 209 Å². The number of piperidine rings is 1. The van der Waals surface area contributed by atoms with E-state index in [-0.39, 0.29) is 5.91 Å². The van der Waals surface area contributed by atoms with Crippen LogP contribution in [-0.2, 0) is 24.1 Å². The van der Waals surface area contributed by atoms with Crippen LogP contribution in [0.25, 0.3) is 17.2 Å². The highest BCUT2D eigenvalue weighted by Crippen LogP contribution is 2.44. The van der Waals surface area contributed by atoms with E-state index in [9.17, 15) is 9.90 Å². The van der Waals surface area contributed by atoms with Gasteiger partial charge >= 0.3 is 0 Å². The predicted molar refractivity (Wildman–Crippen MR) is 134 cm³/mol. The number of halogens is 1. The first kappa shape index (κ1) is 22.3. The van der Waals surface area contributed by atoms with E-state index >= 15 is 0 Å². The number of hydrogen-bond acceptors (Lipinski definition) is 5. The number of pyridine rings is 2. The molecule has 1 aliphatic carbocycles. The molecule has 2 aliphatic heterocycles. The van der Waals surface area contributed by atoms with Crippen molar-refractivity contribution in [2.75, 3.05) is 13.1 Å². The lowest BCUT2D eigenvalue weighted by Crippen LogP contribution is -2.51. The number of aromatic nitrogens is 2. The average Bonchev–Trinajstić information content (AvgIpc) is 3.51. The van der Waals surface area contributed by atoms with E-state index in [2.05, 4.69) is 22.1 Å². The Hall–Kier alpha value is -3.22. The van der Waals surface area contributed by atoms with Gasteiger partial charge in [0.15, 0.2) is 6.10 Å². The Morgan fingerprint density at radius 3 is 2.86 bits per heavy atom. The van der Waals surface area contributed by atoms with Crippen molar-refractivity contribution in [1.82, 2.24) is 14.9 Å².